The molecule has 1 saturated heterocycles. The van der Waals surface area contributed by atoms with Gasteiger partial charge in [-0.05, 0) is 50.3 Å². The van der Waals surface area contributed by atoms with Gasteiger partial charge in [0.05, 0.1) is 5.60 Å². The number of aliphatic hydroxyl groups is 1. The molecule has 1 aromatic rings. The second-order valence-electron chi connectivity index (χ2n) is 7.27. The van der Waals surface area contributed by atoms with Crippen LogP contribution in [0.2, 0.25) is 0 Å². The molecule has 1 aromatic carbocycles. The molecule has 2 unspecified atom stereocenters. The first-order valence-corrected chi connectivity index (χ1v) is 8.74. The molecule has 3 nitrogen and oxygen atoms in total. The molecule has 3 rings (SSSR count). The number of carbonyl (C=O) groups excluding carboxylic acids is 1. The summed E-state index contributed by atoms with van der Waals surface area (Å²) < 4.78 is 0. The fourth-order valence-electron chi connectivity index (χ4n) is 4.05. The van der Waals surface area contributed by atoms with Gasteiger partial charge in [0.15, 0.2) is 0 Å². The zero-order chi connectivity index (χ0) is 16.4. The SMILES string of the molecule is Cc1ccc(/C=C/C(=O)N2CCC3(O)CCCCC3C2)c(C)c1. The number of hydrogen-bond acceptors (Lipinski definition) is 2. The van der Waals surface area contributed by atoms with E-state index in [0.29, 0.717) is 13.1 Å². The number of hydrogen-bond donors (Lipinski definition) is 1. The zero-order valence-corrected chi connectivity index (χ0v) is 14.2. The fourth-order valence-corrected chi connectivity index (χ4v) is 4.05. The smallest absolute Gasteiger partial charge is 0.246 e. The van der Waals surface area contributed by atoms with E-state index in [4.69, 9.17) is 0 Å². The second kappa shape index (κ2) is 6.48. The van der Waals surface area contributed by atoms with Crippen molar-refractivity contribution in [2.24, 2.45) is 5.92 Å². The van der Waals surface area contributed by atoms with Crippen molar-refractivity contribution < 1.29 is 9.90 Å². The molecule has 0 radical (unpaired) electrons. The van der Waals surface area contributed by atoms with E-state index in [2.05, 4.69) is 32.0 Å². The van der Waals surface area contributed by atoms with Crippen LogP contribution in [0.1, 0.15) is 48.8 Å². The highest BCUT2D eigenvalue weighted by molar-refractivity contribution is 5.92. The average molecular weight is 313 g/mol. The molecule has 0 aromatic heterocycles. The Morgan fingerprint density at radius 2 is 2.13 bits per heavy atom. The summed E-state index contributed by atoms with van der Waals surface area (Å²) in [4.78, 5) is 14.4. The molecule has 23 heavy (non-hydrogen) atoms. The summed E-state index contributed by atoms with van der Waals surface area (Å²) in [6.07, 6.45) is 8.56. The van der Waals surface area contributed by atoms with Crippen LogP contribution in [-0.4, -0.2) is 34.6 Å². The molecule has 1 heterocycles. The van der Waals surface area contributed by atoms with Gasteiger partial charge in [0, 0.05) is 25.1 Å². The van der Waals surface area contributed by atoms with Crippen LogP contribution in [-0.2, 0) is 4.79 Å². The first-order chi connectivity index (χ1) is 11.0. The van der Waals surface area contributed by atoms with E-state index >= 15 is 0 Å². The van der Waals surface area contributed by atoms with Gasteiger partial charge in [-0.25, -0.2) is 0 Å². The van der Waals surface area contributed by atoms with Crippen LogP contribution in [0.15, 0.2) is 24.3 Å². The lowest BCUT2D eigenvalue weighted by molar-refractivity contribution is -0.138. The number of amides is 1. The molecule has 2 fully saturated rings. The van der Waals surface area contributed by atoms with E-state index in [1.165, 1.54) is 17.5 Å². The van der Waals surface area contributed by atoms with Gasteiger partial charge >= 0.3 is 0 Å². The van der Waals surface area contributed by atoms with Crippen molar-refractivity contribution in [1.82, 2.24) is 4.90 Å². The summed E-state index contributed by atoms with van der Waals surface area (Å²) in [5.41, 5.74) is 3.00. The van der Waals surface area contributed by atoms with Gasteiger partial charge in [-0.2, -0.15) is 0 Å². The summed E-state index contributed by atoms with van der Waals surface area (Å²) in [6, 6.07) is 6.26. The van der Waals surface area contributed by atoms with E-state index in [-0.39, 0.29) is 11.8 Å². The lowest BCUT2D eigenvalue weighted by Crippen LogP contribution is -2.54. The topological polar surface area (TPSA) is 40.5 Å². The lowest BCUT2D eigenvalue weighted by atomic mass is 9.71. The maximum atomic E-state index is 12.5. The number of benzene rings is 1. The molecule has 0 spiro atoms. The number of carbonyl (C=O) groups is 1. The lowest BCUT2D eigenvalue weighted by Gasteiger charge is -2.47. The minimum atomic E-state index is -0.522. The third-order valence-corrected chi connectivity index (χ3v) is 5.57. The normalized spacial score (nSPS) is 28.0. The molecular weight excluding hydrogens is 286 g/mol. The predicted molar refractivity (Wildman–Crippen MR) is 93.1 cm³/mol. The molecule has 1 N–H and O–H groups in total. The highest BCUT2D eigenvalue weighted by Gasteiger charge is 2.43. The quantitative estimate of drug-likeness (QED) is 0.849. The van der Waals surface area contributed by atoms with E-state index in [9.17, 15) is 9.90 Å². The Kier molecular flexibility index (Phi) is 4.58. The molecule has 0 bridgehead atoms. The maximum absolute atomic E-state index is 12.5. The number of rotatable bonds is 2. The molecule has 2 atom stereocenters. The van der Waals surface area contributed by atoms with Crippen molar-refractivity contribution in [2.45, 2.75) is 51.6 Å². The van der Waals surface area contributed by atoms with E-state index in [1.54, 1.807) is 6.08 Å². The Balaban J connectivity index is 1.65. The standard InChI is InChI=1S/C20H27NO2/c1-15-6-7-17(16(2)13-15)8-9-19(22)21-12-11-20(23)10-4-3-5-18(20)14-21/h6-9,13,18,23H,3-5,10-12,14H2,1-2H3/b9-8+. The highest BCUT2D eigenvalue weighted by atomic mass is 16.3. The number of fused-ring (bicyclic) bond motifs is 1. The number of likely N-dealkylation sites (tertiary alicyclic amines) is 1. The van der Waals surface area contributed by atoms with Crippen molar-refractivity contribution in [3.63, 3.8) is 0 Å². The fraction of sp³-hybridized carbons (Fsp3) is 0.550. The van der Waals surface area contributed by atoms with Crippen LogP contribution in [0.4, 0.5) is 0 Å². The molecule has 2 aliphatic rings. The van der Waals surface area contributed by atoms with Crippen molar-refractivity contribution in [1.29, 1.82) is 0 Å². The Bertz CT molecular complexity index is 622. The molecule has 124 valence electrons. The van der Waals surface area contributed by atoms with Gasteiger partial charge in [0.2, 0.25) is 5.91 Å². The van der Waals surface area contributed by atoms with Crippen molar-refractivity contribution in [2.75, 3.05) is 13.1 Å². The first-order valence-electron chi connectivity index (χ1n) is 8.74. The number of aryl methyl sites for hydroxylation is 2. The van der Waals surface area contributed by atoms with Gasteiger partial charge in [-0.1, -0.05) is 36.6 Å². The molecule has 1 aliphatic carbocycles. The van der Waals surface area contributed by atoms with Crippen molar-refractivity contribution >= 4 is 12.0 Å². The molecular formula is C20H27NO2. The van der Waals surface area contributed by atoms with Crippen LogP contribution in [0.3, 0.4) is 0 Å². The summed E-state index contributed by atoms with van der Waals surface area (Å²) in [5.74, 6) is 0.320. The number of nitrogens with zero attached hydrogens (tertiary/aromatic N) is 1. The largest absolute Gasteiger partial charge is 0.389 e. The third-order valence-electron chi connectivity index (χ3n) is 5.57. The average Bonchev–Trinajstić information content (AvgIpc) is 2.53. The summed E-state index contributed by atoms with van der Waals surface area (Å²) in [6.45, 7) is 5.51. The van der Waals surface area contributed by atoms with Crippen LogP contribution >= 0.6 is 0 Å². The summed E-state index contributed by atoms with van der Waals surface area (Å²) in [7, 11) is 0. The molecule has 1 amide bonds. The van der Waals surface area contributed by atoms with Crippen molar-refractivity contribution in [3.05, 3.63) is 41.0 Å². The Hall–Kier alpha value is -1.61. The van der Waals surface area contributed by atoms with E-state index < -0.39 is 5.60 Å². The second-order valence-corrected chi connectivity index (χ2v) is 7.27. The maximum Gasteiger partial charge on any atom is 0.246 e. The predicted octanol–water partition coefficient (Wildman–Crippen LogP) is 3.47. The van der Waals surface area contributed by atoms with Gasteiger partial charge in [-0.15, -0.1) is 0 Å². The van der Waals surface area contributed by atoms with Crippen LogP contribution in [0.25, 0.3) is 6.08 Å². The van der Waals surface area contributed by atoms with E-state index in [0.717, 1.165) is 31.2 Å². The molecule has 3 heteroatoms. The Labute approximate surface area is 139 Å². The molecule has 1 aliphatic heterocycles. The van der Waals surface area contributed by atoms with Crippen LogP contribution in [0, 0.1) is 19.8 Å². The Morgan fingerprint density at radius 1 is 1.30 bits per heavy atom. The summed E-state index contributed by atoms with van der Waals surface area (Å²) >= 11 is 0. The Morgan fingerprint density at radius 3 is 2.91 bits per heavy atom. The summed E-state index contributed by atoms with van der Waals surface area (Å²) in [5, 5.41) is 10.7. The van der Waals surface area contributed by atoms with E-state index in [1.807, 2.05) is 11.0 Å². The third kappa shape index (κ3) is 3.50. The highest BCUT2D eigenvalue weighted by Crippen LogP contribution is 2.39. The van der Waals surface area contributed by atoms with Gasteiger partial charge < -0.3 is 10.0 Å². The van der Waals surface area contributed by atoms with Gasteiger partial charge in [-0.3, -0.25) is 4.79 Å². The van der Waals surface area contributed by atoms with Gasteiger partial charge in [0.1, 0.15) is 0 Å². The van der Waals surface area contributed by atoms with Crippen molar-refractivity contribution in [3.8, 4) is 0 Å². The number of piperidine rings is 1. The first kappa shape index (κ1) is 16.3. The molecule has 1 saturated carbocycles. The zero-order valence-electron chi connectivity index (χ0n) is 14.2. The van der Waals surface area contributed by atoms with Gasteiger partial charge in [0.25, 0.3) is 0 Å². The van der Waals surface area contributed by atoms with Crippen LogP contribution in [0.5, 0.6) is 0 Å². The minimum Gasteiger partial charge on any atom is -0.389 e. The minimum absolute atomic E-state index is 0.0672. The monoisotopic (exact) mass is 313 g/mol. The van der Waals surface area contributed by atoms with Crippen LogP contribution < -0.4 is 0 Å².